The number of nitrogens with zero attached hydrogens (tertiary/aromatic N) is 3. The number of amides is 1. The van der Waals surface area contributed by atoms with Crippen molar-refractivity contribution in [3.63, 3.8) is 0 Å². The van der Waals surface area contributed by atoms with Crippen LogP contribution in [-0.2, 0) is 14.6 Å². The SMILES string of the molecule is CS(=O)(=O)c1ccc(-c2cn(-c3ccccc3)nc2[C@H]2CCC(F)(F)C[C@@H]2C(=O)NCC#N)cc1. The molecule has 4 rings (SSSR count). The Morgan fingerprint density at radius 3 is 2.51 bits per heavy atom. The van der Waals surface area contributed by atoms with Crippen LogP contribution in [0, 0.1) is 17.2 Å². The summed E-state index contributed by atoms with van der Waals surface area (Å²) in [5, 5.41) is 16.0. The van der Waals surface area contributed by atoms with Gasteiger partial charge in [0, 0.05) is 36.8 Å². The van der Waals surface area contributed by atoms with Gasteiger partial charge < -0.3 is 5.32 Å². The van der Waals surface area contributed by atoms with Crippen molar-refractivity contribution in [1.29, 1.82) is 5.26 Å². The second kappa shape index (κ2) is 9.58. The molecule has 0 bridgehead atoms. The van der Waals surface area contributed by atoms with E-state index in [2.05, 4.69) is 5.32 Å². The molecule has 10 heteroatoms. The Morgan fingerprint density at radius 1 is 1.20 bits per heavy atom. The molecule has 7 nitrogen and oxygen atoms in total. The van der Waals surface area contributed by atoms with E-state index in [0.29, 0.717) is 16.8 Å². The summed E-state index contributed by atoms with van der Waals surface area (Å²) >= 11 is 0. The number of alkyl halides is 2. The molecule has 35 heavy (non-hydrogen) atoms. The van der Waals surface area contributed by atoms with Gasteiger partial charge in [-0.25, -0.2) is 21.9 Å². The number of para-hydroxylation sites is 1. The number of nitrogens with one attached hydrogen (secondary N) is 1. The highest BCUT2D eigenvalue weighted by molar-refractivity contribution is 7.90. The molecule has 1 amide bonds. The van der Waals surface area contributed by atoms with E-state index in [-0.39, 0.29) is 24.3 Å². The maximum atomic E-state index is 14.3. The van der Waals surface area contributed by atoms with Crippen LogP contribution in [0.1, 0.15) is 30.9 Å². The van der Waals surface area contributed by atoms with E-state index in [1.165, 1.54) is 12.1 Å². The number of nitriles is 1. The fourth-order valence-corrected chi connectivity index (χ4v) is 5.10. The van der Waals surface area contributed by atoms with Crippen LogP contribution in [0.25, 0.3) is 16.8 Å². The third-order valence-electron chi connectivity index (χ3n) is 6.21. The molecule has 1 fully saturated rings. The first-order chi connectivity index (χ1) is 16.6. The van der Waals surface area contributed by atoms with E-state index >= 15 is 0 Å². The Bertz CT molecular complexity index is 1360. The molecule has 182 valence electrons. The Balaban J connectivity index is 1.82. The molecule has 2 aromatic carbocycles. The Kier molecular flexibility index (Phi) is 6.72. The van der Waals surface area contributed by atoms with Gasteiger partial charge in [0.25, 0.3) is 0 Å². The molecule has 0 saturated heterocycles. The van der Waals surface area contributed by atoms with Gasteiger partial charge in [0.2, 0.25) is 11.8 Å². The highest BCUT2D eigenvalue weighted by atomic mass is 32.2. The molecule has 0 aliphatic heterocycles. The first-order valence-electron chi connectivity index (χ1n) is 11.1. The summed E-state index contributed by atoms with van der Waals surface area (Å²) in [6, 6.07) is 17.3. The number of carbonyl (C=O) groups excluding carboxylic acids is 1. The average Bonchev–Trinajstić information content (AvgIpc) is 3.27. The third-order valence-corrected chi connectivity index (χ3v) is 7.34. The van der Waals surface area contributed by atoms with E-state index in [4.69, 9.17) is 10.4 Å². The van der Waals surface area contributed by atoms with Crippen molar-refractivity contribution in [3.05, 3.63) is 66.5 Å². The Labute approximate surface area is 202 Å². The van der Waals surface area contributed by atoms with Gasteiger partial charge in [-0.15, -0.1) is 0 Å². The summed E-state index contributed by atoms with van der Waals surface area (Å²) in [5.74, 6) is -5.28. The quantitative estimate of drug-likeness (QED) is 0.515. The lowest BCUT2D eigenvalue weighted by Gasteiger charge is -2.34. The van der Waals surface area contributed by atoms with Crippen molar-refractivity contribution in [3.8, 4) is 22.9 Å². The second-order valence-corrected chi connectivity index (χ2v) is 10.7. The van der Waals surface area contributed by atoms with Crippen molar-refractivity contribution in [1.82, 2.24) is 15.1 Å². The number of aromatic nitrogens is 2. The van der Waals surface area contributed by atoms with Gasteiger partial charge >= 0.3 is 0 Å². The van der Waals surface area contributed by atoms with E-state index in [9.17, 15) is 22.0 Å². The number of halogens is 2. The van der Waals surface area contributed by atoms with Gasteiger partial charge in [-0.2, -0.15) is 10.4 Å². The molecule has 1 heterocycles. The number of carbonyl (C=O) groups is 1. The fraction of sp³-hybridized carbons (Fsp3) is 0.320. The van der Waals surface area contributed by atoms with Crippen LogP contribution in [0.5, 0.6) is 0 Å². The van der Waals surface area contributed by atoms with Crippen LogP contribution in [0.2, 0.25) is 0 Å². The van der Waals surface area contributed by atoms with E-state index in [1.807, 2.05) is 30.3 Å². The highest BCUT2D eigenvalue weighted by Crippen LogP contribution is 2.47. The summed E-state index contributed by atoms with van der Waals surface area (Å²) in [6.45, 7) is -0.272. The van der Waals surface area contributed by atoms with Crippen LogP contribution in [0.4, 0.5) is 8.78 Å². The number of hydrogen-bond donors (Lipinski definition) is 1. The normalized spacial score (nSPS) is 19.6. The van der Waals surface area contributed by atoms with E-state index in [1.54, 1.807) is 29.1 Å². The van der Waals surface area contributed by atoms with E-state index < -0.39 is 39.9 Å². The largest absolute Gasteiger partial charge is 0.343 e. The molecule has 1 aliphatic rings. The van der Waals surface area contributed by atoms with Crippen molar-refractivity contribution in [2.75, 3.05) is 12.8 Å². The summed E-state index contributed by atoms with van der Waals surface area (Å²) in [4.78, 5) is 13.0. The molecular formula is C25H24F2N4O3S. The number of sulfone groups is 1. The minimum Gasteiger partial charge on any atom is -0.343 e. The molecule has 1 saturated carbocycles. The molecule has 1 N–H and O–H groups in total. The van der Waals surface area contributed by atoms with Crippen LogP contribution < -0.4 is 5.32 Å². The standard InChI is InChI=1S/C25H24F2N4O3S/c1-35(33,34)19-9-7-17(8-10-19)22-16-31(18-5-3-2-4-6-18)30-23(22)20-11-12-25(26,27)15-21(20)24(32)29-14-13-28/h2-10,16,20-21H,11-12,14-15H2,1H3,(H,29,32)/t20-,21-/m0/s1. The van der Waals surface area contributed by atoms with Crippen molar-refractivity contribution >= 4 is 15.7 Å². The molecular weight excluding hydrogens is 474 g/mol. The summed E-state index contributed by atoms with van der Waals surface area (Å²) < 4.78 is 54.1. The van der Waals surface area contributed by atoms with Crippen molar-refractivity contribution in [2.45, 2.75) is 36.0 Å². The van der Waals surface area contributed by atoms with Gasteiger partial charge in [-0.3, -0.25) is 4.79 Å². The lowest BCUT2D eigenvalue weighted by molar-refractivity contribution is -0.133. The molecule has 2 atom stereocenters. The topological polar surface area (TPSA) is 105 Å². The van der Waals surface area contributed by atoms with Crippen LogP contribution in [0.15, 0.2) is 65.7 Å². The Hall–Kier alpha value is -3.58. The Morgan fingerprint density at radius 2 is 1.89 bits per heavy atom. The van der Waals surface area contributed by atoms with Crippen LogP contribution in [-0.4, -0.2) is 42.8 Å². The van der Waals surface area contributed by atoms with Gasteiger partial charge in [0.05, 0.1) is 28.3 Å². The lowest BCUT2D eigenvalue weighted by atomic mass is 9.74. The maximum absolute atomic E-state index is 14.3. The monoisotopic (exact) mass is 498 g/mol. The second-order valence-electron chi connectivity index (χ2n) is 8.69. The zero-order chi connectivity index (χ0) is 25.2. The predicted molar refractivity (Wildman–Crippen MR) is 126 cm³/mol. The van der Waals surface area contributed by atoms with E-state index in [0.717, 1.165) is 11.9 Å². The molecule has 0 spiro atoms. The van der Waals surface area contributed by atoms with Crippen LogP contribution >= 0.6 is 0 Å². The number of hydrogen-bond acceptors (Lipinski definition) is 5. The van der Waals surface area contributed by atoms with Gasteiger partial charge in [0.1, 0.15) is 6.54 Å². The zero-order valence-electron chi connectivity index (χ0n) is 19.0. The van der Waals surface area contributed by atoms with Crippen molar-refractivity contribution in [2.24, 2.45) is 5.92 Å². The predicted octanol–water partition coefficient (Wildman–Crippen LogP) is 4.10. The summed E-state index contributed by atoms with van der Waals surface area (Å²) in [6.07, 6.45) is 1.90. The van der Waals surface area contributed by atoms with Gasteiger partial charge in [-0.05, 0) is 36.2 Å². The lowest BCUT2D eigenvalue weighted by Crippen LogP contribution is -2.41. The maximum Gasteiger partial charge on any atom is 0.249 e. The fourth-order valence-electron chi connectivity index (χ4n) is 4.47. The molecule has 1 aliphatic carbocycles. The minimum absolute atomic E-state index is 0.0395. The van der Waals surface area contributed by atoms with Gasteiger partial charge in [-0.1, -0.05) is 30.3 Å². The van der Waals surface area contributed by atoms with Crippen LogP contribution in [0.3, 0.4) is 0 Å². The third kappa shape index (κ3) is 5.41. The number of benzene rings is 2. The highest BCUT2D eigenvalue weighted by Gasteiger charge is 2.46. The average molecular weight is 499 g/mol. The number of rotatable bonds is 6. The summed E-state index contributed by atoms with van der Waals surface area (Å²) in [7, 11) is -3.40. The smallest absolute Gasteiger partial charge is 0.249 e. The molecule has 0 unspecified atom stereocenters. The molecule has 3 aromatic rings. The summed E-state index contributed by atoms with van der Waals surface area (Å²) in [5.41, 5.74) is 2.51. The molecule has 1 aromatic heterocycles. The minimum atomic E-state index is -3.40. The van der Waals surface area contributed by atoms with Crippen molar-refractivity contribution < 1.29 is 22.0 Å². The zero-order valence-corrected chi connectivity index (χ0v) is 19.8. The first-order valence-corrected chi connectivity index (χ1v) is 13.0. The van der Waals surface area contributed by atoms with Gasteiger partial charge in [0.15, 0.2) is 9.84 Å². The molecule has 0 radical (unpaired) electrons. The first kappa shape index (κ1) is 24.5.